The highest BCUT2D eigenvalue weighted by Gasteiger charge is 2.36. The Labute approximate surface area is 118 Å². The first-order valence-corrected chi connectivity index (χ1v) is 6.47. The van der Waals surface area contributed by atoms with E-state index in [2.05, 4.69) is 4.98 Å². The fourth-order valence-corrected chi connectivity index (χ4v) is 2.42. The number of H-pyrrole nitrogens is 1. The molecule has 0 fully saturated rings. The Hall–Kier alpha value is -2.50. The molecule has 0 bridgehead atoms. The van der Waals surface area contributed by atoms with Crippen LogP contribution in [0, 0.1) is 0 Å². The first-order chi connectivity index (χ1) is 10.0. The molecule has 0 spiro atoms. The van der Waals surface area contributed by atoms with Crippen molar-refractivity contribution in [3.8, 4) is 5.69 Å². The fourth-order valence-electron chi connectivity index (χ4n) is 2.42. The van der Waals surface area contributed by atoms with E-state index >= 15 is 0 Å². The van der Waals surface area contributed by atoms with Crippen molar-refractivity contribution in [2.75, 3.05) is 0 Å². The maximum Gasteiger partial charge on any atom is 0.333 e. The van der Waals surface area contributed by atoms with Crippen LogP contribution >= 0.6 is 0 Å². The Morgan fingerprint density at radius 2 is 1.81 bits per heavy atom. The summed E-state index contributed by atoms with van der Waals surface area (Å²) in [7, 11) is 0. The summed E-state index contributed by atoms with van der Waals surface area (Å²) in [5, 5.41) is 0. The number of halogens is 2. The lowest BCUT2D eigenvalue weighted by Crippen LogP contribution is -2.39. The third-order valence-corrected chi connectivity index (χ3v) is 3.44. The van der Waals surface area contributed by atoms with E-state index in [1.54, 1.807) is 30.3 Å². The largest absolute Gasteiger partial charge is 0.333 e. The molecule has 108 valence electrons. The molecule has 0 radical (unpaired) electrons. The molecule has 1 N–H and O–H groups in total. The molecule has 2 aromatic rings. The van der Waals surface area contributed by atoms with Crippen molar-refractivity contribution < 1.29 is 8.78 Å². The van der Waals surface area contributed by atoms with Gasteiger partial charge in [-0.25, -0.2) is 9.36 Å². The number of benzene rings is 1. The Morgan fingerprint density at radius 3 is 2.52 bits per heavy atom. The Balaban J connectivity index is 2.33. The van der Waals surface area contributed by atoms with Gasteiger partial charge in [-0.3, -0.25) is 4.79 Å². The summed E-state index contributed by atoms with van der Waals surface area (Å²) in [5.41, 5.74) is -1.85. The summed E-state index contributed by atoms with van der Waals surface area (Å²) >= 11 is 0. The van der Waals surface area contributed by atoms with Crippen LogP contribution in [0.15, 0.2) is 52.1 Å². The van der Waals surface area contributed by atoms with Gasteiger partial charge in [0.2, 0.25) is 0 Å². The van der Waals surface area contributed by atoms with Crippen molar-refractivity contribution in [2.24, 2.45) is 0 Å². The van der Waals surface area contributed by atoms with Crippen LogP contribution in [0.5, 0.6) is 0 Å². The summed E-state index contributed by atoms with van der Waals surface area (Å²) in [6, 6.07) is 8.23. The van der Waals surface area contributed by atoms with E-state index in [1.807, 2.05) is 0 Å². The first-order valence-electron chi connectivity index (χ1n) is 6.47. The highest BCUT2D eigenvalue weighted by atomic mass is 19.3. The van der Waals surface area contributed by atoms with Crippen LogP contribution in [0.3, 0.4) is 0 Å². The normalized spacial score (nSPS) is 16.3. The number of hydrogen-bond acceptors (Lipinski definition) is 2. The zero-order valence-corrected chi connectivity index (χ0v) is 11.0. The minimum Gasteiger partial charge on any atom is -0.305 e. The molecule has 0 unspecified atom stereocenters. The molecule has 4 nitrogen and oxygen atoms in total. The van der Waals surface area contributed by atoms with E-state index in [1.165, 1.54) is 12.2 Å². The second-order valence-electron chi connectivity index (χ2n) is 4.84. The van der Waals surface area contributed by atoms with Crippen LogP contribution in [-0.2, 0) is 12.3 Å². The van der Waals surface area contributed by atoms with Crippen LogP contribution in [0.2, 0.25) is 0 Å². The van der Waals surface area contributed by atoms with Crippen molar-refractivity contribution in [2.45, 2.75) is 18.8 Å². The molecule has 0 saturated carbocycles. The highest BCUT2D eigenvalue weighted by molar-refractivity contribution is 5.35. The Kier molecular flexibility index (Phi) is 3.08. The standard InChI is InChI=1S/C15H12F2N2O2/c16-15(17)9-5-4-8-11-12(15)18-14(21)19(13(11)20)10-6-2-1-3-7-10/h1-7H,8-9H2,(H,18,21). The number of rotatable bonds is 1. The number of aromatic amines is 1. The first kappa shape index (κ1) is 13.5. The molecule has 0 amide bonds. The molecule has 1 aromatic carbocycles. The van der Waals surface area contributed by atoms with Gasteiger partial charge < -0.3 is 4.98 Å². The zero-order valence-electron chi connectivity index (χ0n) is 11.0. The Morgan fingerprint density at radius 1 is 1.10 bits per heavy atom. The van der Waals surface area contributed by atoms with Gasteiger partial charge in [-0.05, 0) is 18.6 Å². The molecule has 6 heteroatoms. The topological polar surface area (TPSA) is 54.9 Å². The number of nitrogens with one attached hydrogen (secondary N) is 1. The van der Waals surface area contributed by atoms with Gasteiger partial charge in [-0.2, -0.15) is 8.78 Å². The quantitative estimate of drug-likeness (QED) is 0.818. The molecule has 1 aromatic heterocycles. The lowest BCUT2D eigenvalue weighted by Gasteiger charge is -2.17. The zero-order chi connectivity index (χ0) is 15.0. The lowest BCUT2D eigenvalue weighted by molar-refractivity contribution is -0.00620. The summed E-state index contributed by atoms with van der Waals surface area (Å²) in [6.07, 6.45) is 2.40. The minimum atomic E-state index is -3.24. The SMILES string of the molecule is O=c1[nH]c2c(c(=O)n1-c1ccccc1)CC=CCC2(F)F. The highest BCUT2D eigenvalue weighted by Crippen LogP contribution is 2.33. The van der Waals surface area contributed by atoms with Crippen LogP contribution < -0.4 is 11.2 Å². The predicted octanol–water partition coefficient (Wildman–Crippen LogP) is 2.12. The molecule has 1 aliphatic carbocycles. The molecule has 3 rings (SSSR count). The number of alkyl halides is 2. The third-order valence-electron chi connectivity index (χ3n) is 3.44. The molecule has 0 atom stereocenters. The molecule has 0 aliphatic heterocycles. The number of para-hydroxylation sites is 1. The van der Waals surface area contributed by atoms with Crippen LogP contribution in [0.1, 0.15) is 17.7 Å². The van der Waals surface area contributed by atoms with E-state index in [4.69, 9.17) is 0 Å². The van der Waals surface area contributed by atoms with Gasteiger partial charge in [0.25, 0.3) is 11.5 Å². The van der Waals surface area contributed by atoms with Gasteiger partial charge in [0, 0.05) is 12.0 Å². The number of hydrogen-bond donors (Lipinski definition) is 1. The van der Waals surface area contributed by atoms with Crippen molar-refractivity contribution in [1.82, 2.24) is 9.55 Å². The molecule has 21 heavy (non-hydrogen) atoms. The van der Waals surface area contributed by atoms with E-state index in [0.29, 0.717) is 5.69 Å². The summed E-state index contributed by atoms with van der Waals surface area (Å²) < 4.78 is 28.8. The lowest BCUT2D eigenvalue weighted by atomic mass is 10.1. The minimum absolute atomic E-state index is 0.0720. The maximum absolute atomic E-state index is 14.0. The average Bonchev–Trinajstić information content (AvgIpc) is 2.60. The number of allylic oxidation sites excluding steroid dienone is 2. The van der Waals surface area contributed by atoms with E-state index in [9.17, 15) is 18.4 Å². The summed E-state index contributed by atoms with van der Waals surface area (Å²) in [6.45, 7) is 0. The summed E-state index contributed by atoms with van der Waals surface area (Å²) in [5.74, 6) is -3.24. The molecule has 1 heterocycles. The molecular formula is C15H12F2N2O2. The van der Waals surface area contributed by atoms with Gasteiger partial charge in [-0.15, -0.1) is 0 Å². The van der Waals surface area contributed by atoms with Crippen molar-refractivity contribution in [1.29, 1.82) is 0 Å². The van der Waals surface area contributed by atoms with Gasteiger partial charge in [0.15, 0.2) is 0 Å². The van der Waals surface area contributed by atoms with E-state index in [0.717, 1.165) is 4.57 Å². The van der Waals surface area contributed by atoms with Crippen molar-refractivity contribution >= 4 is 0 Å². The second-order valence-corrected chi connectivity index (χ2v) is 4.84. The van der Waals surface area contributed by atoms with Crippen LogP contribution in [-0.4, -0.2) is 9.55 Å². The third kappa shape index (κ3) is 2.22. The molecular weight excluding hydrogens is 278 g/mol. The number of nitrogens with zero attached hydrogens (tertiary/aromatic N) is 1. The van der Waals surface area contributed by atoms with E-state index < -0.39 is 29.3 Å². The smallest absolute Gasteiger partial charge is 0.305 e. The van der Waals surface area contributed by atoms with Crippen LogP contribution in [0.4, 0.5) is 8.78 Å². The maximum atomic E-state index is 14.0. The van der Waals surface area contributed by atoms with Crippen molar-refractivity contribution in [3.05, 3.63) is 74.6 Å². The number of aromatic nitrogens is 2. The van der Waals surface area contributed by atoms with Crippen molar-refractivity contribution in [3.63, 3.8) is 0 Å². The summed E-state index contributed by atoms with van der Waals surface area (Å²) in [4.78, 5) is 26.7. The van der Waals surface area contributed by atoms with Gasteiger partial charge in [-0.1, -0.05) is 30.4 Å². The number of fused-ring (bicyclic) bond motifs is 1. The molecule has 1 aliphatic rings. The predicted molar refractivity (Wildman–Crippen MR) is 74.0 cm³/mol. The molecule has 0 saturated heterocycles. The Bertz CT molecular complexity index is 820. The second kappa shape index (κ2) is 4.80. The fraction of sp³-hybridized carbons (Fsp3) is 0.200. The van der Waals surface area contributed by atoms with Gasteiger partial charge in [0.1, 0.15) is 0 Å². The van der Waals surface area contributed by atoms with E-state index in [-0.39, 0.29) is 12.0 Å². The monoisotopic (exact) mass is 290 g/mol. The van der Waals surface area contributed by atoms with Crippen LogP contribution in [0.25, 0.3) is 5.69 Å². The van der Waals surface area contributed by atoms with Gasteiger partial charge >= 0.3 is 5.69 Å². The van der Waals surface area contributed by atoms with Gasteiger partial charge in [0.05, 0.1) is 11.4 Å². The average molecular weight is 290 g/mol.